The van der Waals surface area contributed by atoms with Gasteiger partial charge in [0.25, 0.3) is 0 Å². The fraction of sp³-hybridized carbons (Fsp3) is 0.0351. The topological polar surface area (TPSA) is 50.7 Å². The van der Waals surface area contributed by atoms with Crippen molar-refractivity contribution in [2.24, 2.45) is 0 Å². The molecule has 4 nitrogen and oxygen atoms in total. The lowest BCUT2D eigenvalue weighted by molar-refractivity contribution is 0.879. The Morgan fingerprint density at radius 2 is 1.20 bits per heavy atom. The highest BCUT2D eigenvalue weighted by molar-refractivity contribution is 6.13. The van der Waals surface area contributed by atoms with Crippen LogP contribution in [0.25, 0.3) is 89.3 Å². The molecule has 0 saturated carbocycles. The number of hydrogen-bond donors (Lipinski definition) is 1. The van der Waals surface area contributed by atoms with Gasteiger partial charge in [-0.25, -0.2) is 15.0 Å². The van der Waals surface area contributed by atoms with Crippen molar-refractivity contribution in [3.8, 4) is 33.6 Å². The Balaban J connectivity index is 1.20. The van der Waals surface area contributed by atoms with Gasteiger partial charge in [0.2, 0.25) is 0 Å². The Kier molecular flexibility index (Phi) is 9.09. The molecule has 11 rings (SSSR count). The van der Waals surface area contributed by atoms with Crippen LogP contribution in [0.15, 0.2) is 201 Å². The second-order valence-electron chi connectivity index (χ2n) is 15.6. The molecule has 1 aliphatic heterocycles. The molecule has 4 heteroatoms. The third-order valence-electron chi connectivity index (χ3n) is 11.9. The van der Waals surface area contributed by atoms with Gasteiger partial charge >= 0.3 is 0 Å². The Morgan fingerprint density at radius 3 is 2.07 bits per heavy atom. The van der Waals surface area contributed by atoms with Crippen molar-refractivity contribution in [3.63, 3.8) is 0 Å². The van der Waals surface area contributed by atoms with E-state index in [1.807, 2.05) is 6.07 Å². The van der Waals surface area contributed by atoms with Gasteiger partial charge in [-0.15, -0.1) is 0 Å². The summed E-state index contributed by atoms with van der Waals surface area (Å²) in [4.78, 5) is 16.5. The van der Waals surface area contributed by atoms with E-state index in [0.717, 1.165) is 113 Å². The number of nitrogens with zero attached hydrogens (tertiary/aromatic N) is 3. The molecule has 0 fully saturated rings. The Hall–Kier alpha value is -7.95. The predicted molar refractivity (Wildman–Crippen MR) is 255 cm³/mol. The molecule has 0 atom stereocenters. The van der Waals surface area contributed by atoms with E-state index in [1.54, 1.807) is 0 Å². The number of hydrogen-bond acceptors (Lipinski definition) is 4. The number of nitrogens with one attached hydrogen (secondary N) is 1. The maximum absolute atomic E-state index is 5.67. The number of para-hydroxylation sites is 1. The smallest absolute Gasteiger partial charge is 0.0979 e. The summed E-state index contributed by atoms with van der Waals surface area (Å²) in [5, 5.41) is 6.91. The molecule has 0 bridgehead atoms. The molecule has 9 aromatic rings. The second-order valence-corrected chi connectivity index (χ2v) is 15.6. The molecule has 0 spiro atoms. The number of fused-ring (bicyclic) bond motifs is 6. The minimum atomic E-state index is 0.733. The molecule has 1 aliphatic carbocycles. The van der Waals surface area contributed by atoms with E-state index in [-0.39, 0.29) is 0 Å². The summed E-state index contributed by atoms with van der Waals surface area (Å²) in [7, 11) is 0. The fourth-order valence-electron chi connectivity index (χ4n) is 8.74. The van der Waals surface area contributed by atoms with Gasteiger partial charge in [-0.05, 0) is 75.7 Å². The third kappa shape index (κ3) is 6.74. The van der Waals surface area contributed by atoms with Gasteiger partial charge in [0.15, 0.2) is 0 Å². The Bertz CT molecular complexity index is 3330. The minimum absolute atomic E-state index is 0.733. The molecule has 1 N–H and O–H groups in total. The zero-order valence-corrected chi connectivity index (χ0v) is 33.5. The Labute approximate surface area is 355 Å². The highest BCUT2D eigenvalue weighted by Gasteiger charge is 2.22. The van der Waals surface area contributed by atoms with Crippen molar-refractivity contribution in [1.82, 2.24) is 20.3 Å². The van der Waals surface area contributed by atoms with E-state index in [1.165, 1.54) is 16.7 Å². The lowest BCUT2D eigenvalue weighted by atomic mass is 9.89. The normalized spacial score (nSPS) is 15.6. The van der Waals surface area contributed by atoms with Crippen LogP contribution in [-0.2, 0) is 6.54 Å². The number of rotatable bonds is 5. The summed E-state index contributed by atoms with van der Waals surface area (Å²) in [5.74, 6) is 0. The van der Waals surface area contributed by atoms with Crippen LogP contribution < -0.4 is 5.32 Å². The molecule has 6 aromatic carbocycles. The molecule has 61 heavy (non-hydrogen) atoms. The lowest BCUT2D eigenvalue weighted by Gasteiger charge is -2.22. The van der Waals surface area contributed by atoms with Crippen LogP contribution in [0.3, 0.4) is 0 Å². The van der Waals surface area contributed by atoms with Crippen molar-refractivity contribution >= 4 is 55.6 Å². The molecule has 0 saturated heterocycles. The summed E-state index contributed by atoms with van der Waals surface area (Å²) in [5.41, 5.74) is 18.4. The highest BCUT2D eigenvalue weighted by Crippen LogP contribution is 2.40. The lowest BCUT2D eigenvalue weighted by Crippen LogP contribution is -2.17. The van der Waals surface area contributed by atoms with E-state index in [9.17, 15) is 0 Å². The minimum Gasteiger partial charge on any atom is -0.380 e. The summed E-state index contributed by atoms with van der Waals surface area (Å²) >= 11 is 0. The van der Waals surface area contributed by atoms with Crippen molar-refractivity contribution < 1.29 is 0 Å². The zero-order valence-electron chi connectivity index (χ0n) is 33.5. The monoisotopic (exact) mass is 780 g/mol. The van der Waals surface area contributed by atoms with E-state index < -0.39 is 0 Å². The van der Waals surface area contributed by atoms with Crippen LogP contribution in [0, 0.1) is 0 Å². The first-order chi connectivity index (χ1) is 30.1. The van der Waals surface area contributed by atoms with E-state index in [0.29, 0.717) is 0 Å². The number of allylic oxidation sites excluding steroid dienone is 6. The predicted octanol–water partition coefficient (Wildman–Crippen LogP) is 13.9. The SMILES string of the molecule is C=C1/C=C\C=C/C/C=C(/c2cc(C3=Cc4ccccc4CN3)c3ccc4c(-c5ccc6ccccc6n5)cc(-c5ccc(-c6ccccc6)cc5)nc4c3n2)c2ccccc21. The van der Waals surface area contributed by atoms with Crippen LogP contribution in [-0.4, -0.2) is 15.0 Å². The van der Waals surface area contributed by atoms with Gasteiger partial charge < -0.3 is 5.32 Å². The first kappa shape index (κ1) is 36.2. The van der Waals surface area contributed by atoms with Gasteiger partial charge in [0.05, 0.1) is 33.6 Å². The van der Waals surface area contributed by atoms with E-state index in [2.05, 4.69) is 206 Å². The van der Waals surface area contributed by atoms with Crippen LogP contribution in [0.2, 0.25) is 0 Å². The van der Waals surface area contributed by atoms with Crippen molar-refractivity contribution in [3.05, 3.63) is 234 Å². The Morgan fingerprint density at radius 1 is 0.508 bits per heavy atom. The van der Waals surface area contributed by atoms with Crippen LogP contribution in [0.5, 0.6) is 0 Å². The molecule has 0 radical (unpaired) electrons. The summed E-state index contributed by atoms with van der Waals surface area (Å²) in [6.45, 7) is 5.21. The van der Waals surface area contributed by atoms with Crippen molar-refractivity contribution in [2.45, 2.75) is 13.0 Å². The van der Waals surface area contributed by atoms with Crippen LogP contribution in [0.4, 0.5) is 0 Å². The maximum Gasteiger partial charge on any atom is 0.0979 e. The molecular formula is C57H40N4. The molecular weight excluding hydrogens is 741 g/mol. The summed E-state index contributed by atoms with van der Waals surface area (Å²) < 4.78 is 0. The largest absolute Gasteiger partial charge is 0.380 e. The number of aromatic nitrogens is 3. The van der Waals surface area contributed by atoms with Gasteiger partial charge in [0, 0.05) is 50.7 Å². The van der Waals surface area contributed by atoms with Gasteiger partial charge in [-0.3, -0.25) is 0 Å². The van der Waals surface area contributed by atoms with Crippen molar-refractivity contribution in [2.75, 3.05) is 0 Å². The first-order valence-electron chi connectivity index (χ1n) is 20.8. The standard InChI is InChI=1S/C57H40N4/c1-37-15-5-2-3-8-23-46(45-22-13-12-21-44(37)45)55-35-50(54-33-42-19-9-10-20-43(42)36-58-54)48-31-30-47-49(52-32-29-40-18-11-14-24-51(40)59-52)34-53(60-56(47)57(48)61-55)41-27-25-39(26-28-41)38-16-6-4-7-17-38/h2-7,9-35,58H,1,8,36H2/b3-2-,15-5-,46-23+. The molecule has 0 amide bonds. The van der Waals surface area contributed by atoms with E-state index >= 15 is 0 Å². The summed E-state index contributed by atoms with van der Waals surface area (Å²) in [6, 6.07) is 57.8. The number of pyridine rings is 3. The van der Waals surface area contributed by atoms with Crippen molar-refractivity contribution in [1.29, 1.82) is 0 Å². The molecule has 0 unspecified atom stereocenters. The average Bonchev–Trinajstić information content (AvgIpc) is 3.33. The average molecular weight is 781 g/mol. The third-order valence-corrected chi connectivity index (χ3v) is 11.9. The quantitative estimate of drug-likeness (QED) is 0.177. The number of benzene rings is 6. The van der Waals surface area contributed by atoms with Crippen LogP contribution >= 0.6 is 0 Å². The van der Waals surface area contributed by atoms with Gasteiger partial charge in [0.1, 0.15) is 0 Å². The molecule has 3 aromatic heterocycles. The fourth-order valence-corrected chi connectivity index (χ4v) is 8.74. The molecule has 2 aliphatic rings. The van der Waals surface area contributed by atoms with Gasteiger partial charge in [-0.1, -0.05) is 176 Å². The maximum atomic E-state index is 5.67. The molecule has 4 heterocycles. The second kappa shape index (κ2) is 15.3. The van der Waals surface area contributed by atoms with Gasteiger partial charge in [-0.2, -0.15) is 0 Å². The highest BCUT2D eigenvalue weighted by atomic mass is 14.9. The summed E-state index contributed by atoms with van der Waals surface area (Å²) in [6.07, 6.45) is 13.7. The van der Waals surface area contributed by atoms with E-state index in [4.69, 9.17) is 15.0 Å². The zero-order chi connectivity index (χ0) is 40.7. The van der Waals surface area contributed by atoms with Crippen LogP contribution in [0.1, 0.15) is 39.9 Å². The first-order valence-corrected chi connectivity index (χ1v) is 20.8. The molecule has 288 valence electrons.